The lowest BCUT2D eigenvalue weighted by atomic mass is 9.37. The number of hydrogen-bond acceptors (Lipinski definition) is 9. The third kappa shape index (κ3) is 4.37. The Balaban J connectivity index is 1.84. The van der Waals surface area contributed by atoms with Gasteiger partial charge in [-0.2, -0.15) is 0 Å². The highest BCUT2D eigenvalue weighted by Crippen LogP contribution is 2.71. The Kier molecular flexibility index (Phi) is 7.91. The molecule has 0 heterocycles. The van der Waals surface area contributed by atoms with Crippen LogP contribution in [-0.4, -0.2) is 60.2 Å². The van der Waals surface area contributed by atoms with E-state index in [1.807, 2.05) is 0 Å². The van der Waals surface area contributed by atoms with Crippen molar-refractivity contribution >= 4 is 34.9 Å². The highest BCUT2D eigenvalue weighted by molar-refractivity contribution is 6.24. The predicted octanol–water partition coefficient (Wildman–Crippen LogP) is 5.19. The van der Waals surface area contributed by atoms with Crippen molar-refractivity contribution < 1.29 is 49.5 Å². The third-order valence-electron chi connectivity index (χ3n) is 11.3. The van der Waals surface area contributed by atoms with Gasteiger partial charge in [0, 0.05) is 35.2 Å². The van der Waals surface area contributed by atoms with Gasteiger partial charge in [-0.25, -0.2) is 4.79 Å². The number of fused-ring (bicyclic) bond motifs is 3. The number of aromatic carboxylic acids is 1. The second-order valence-corrected chi connectivity index (χ2v) is 14.1. The number of carboxylic acid groups (broad SMARTS) is 1. The van der Waals surface area contributed by atoms with Crippen LogP contribution in [-0.2, 0) is 25.6 Å². The van der Waals surface area contributed by atoms with Gasteiger partial charge in [0.15, 0.2) is 17.2 Å². The third-order valence-corrected chi connectivity index (χ3v) is 11.3. The van der Waals surface area contributed by atoms with Crippen LogP contribution in [0.1, 0.15) is 86.5 Å². The molecule has 0 bridgehead atoms. The number of aryl methyl sites for hydroxylation is 1. The van der Waals surface area contributed by atoms with Crippen molar-refractivity contribution in [3.05, 3.63) is 81.1 Å². The average Bonchev–Trinajstić information content (AvgIpc) is 2.97. The molecule has 0 aromatic heterocycles. The van der Waals surface area contributed by atoms with E-state index >= 15 is 0 Å². The van der Waals surface area contributed by atoms with Crippen LogP contribution in [0, 0.1) is 35.5 Å². The summed E-state index contributed by atoms with van der Waals surface area (Å²) in [5.74, 6) is -10.2. The zero-order valence-corrected chi connectivity index (χ0v) is 27.5. The van der Waals surface area contributed by atoms with Gasteiger partial charge in [-0.15, -0.1) is 0 Å². The van der Waals surface area contributed by atoms with E-state index in [4.69, 9.17) is 0 Å². The van der Waals surface area contributed by atoms with Crippen molar-refractivity contribution in [1.29, 1.82) is 0 Å². The fourth-order valence-electron chi connectivity index (χ4n) is 9.07. The minimum Gasteiger partial charge on any atom is -0.508 e. The predicted molar refractivity (Wildman–Crippen MR) is 171 cm³/mol. The summed E-state index contributed by atoms with van der Waals surface area (Å²) in [7, 11) is 0. The summed E-state index contributed by atoms with van der Waals surface area (Å²) in [4.78, 5) is 68.0. The largest absolute Gasteiger partial charge is 0.508 e. The molecule has 10 heteroatoms. The van der Waals surface area contributed by atoms with Gasteiger partial charge < -0.3 is 25.5 Å². The number of aliphatic hydroxyl groups is 3. The van der Waals surface area contributed by atoms with E-state index in [9.17, 15) is 49.5 Å². The van der Waals surface area contributed by atoms with Gasteiger partial charge in [0.2, 0.25) is 5.78 Å². The van der Waals surface area contributed by atoms with Crippen molar-refractivity contribution in [2.75, 3.05) is 0 Å². The summed E-state index contributed by atoms with van der Waals surface area (Å²) in [5, 5.41) is 56.8. The highest BCUT2D eigenvalue weighted by atomic mass is 16.4. The van der Waals surface area contributed by atoms with E-state index in [1.54, 1.807) is 58.9 Å². The molecule has 2 aromatic rings. The number of hydrogen-bond donors (Lipinski definition) is 5. The number of aliphatic hydroxyl groups excluding tert-OH is 2. The molecule has 0 spiro atoms. The standard InChI is InChI=1S/C37H40O10/c1-16(2)28-30(41)26(19(5)38)32(43)37(47)33(44)29-31(42)27-22(9-8-10-24(27)40)18(4)35(29,6)25(36(28,37)7)15-21(39)14-20-12-11-17(3)13-23(20)34(45)46/h8-13,16,18,25,28,40,42-43,47H,14-15H2,1-7H3,(H,45,46)/t18-,25-,28?,35-,36-,37+/m1/s1. The van der Waals surface area contributed by atoms with E-state index in [0.29, 0.717) is 11.1 Å². The summed E-state index contributed by atoms with van der Waals surface area (Å²) in [6, 6.07) is 9.27. The molecule has 5 rings (SSSR count). The van der Waals surface area contributed by atoms with Crippen LogP contribution in [0.5, 0.6) is 5.75 Å². The van der Waals surface area contributed by atoms with E-state index in [1.165, 1.54) is 19.1 Å². The Morgan fingerprint density at radius 3 is 2.21 bits per heavy atom. The van der Waals surface area contributed by atoms with Crippen LogP contribution in [0.25, 0.3) is 5.76 Å². The number of ketones is 4. The maximum Gasteiger partial charge on any atom is 0.335 e. The molecule has 0 aliphatic heterocycles. The van der Waals surface area contributed by atoms with Gasteiger partial charge >= 0.3 is 5.97 Å². The molecule has 3 aliphatic rings. The van der Waals surface area contributed by atoms with Crippen LogP contribution >= 0.6 is 0 Å². The molecule has 248 valence electrons. The van der Waals surface area contributed by atoms with Gasteiger partial charge in [-0.1, -0.05) is 64.4 Å². The SMILES string of the molecule is CC(=O)C1=C(O)[C@]2(O)C(=O)C3=C(O)c4c(O)cccc4[C@@H](C)[C@]3(C)[C@@H](CC(=O)Cc3ccc(C)cc3C(=O)O)[C@]2(C)C(C(C)C)C1=O. The minimum atomic E-state index is -2.93. The van der Waals surface area contributed by atoms with Crippen molar-refractivity contribution in [2.24, 2.45) is 28.6 Å². The van der Waals surface area contributed by atoms with Crippen LogP contribution in [0.4, 0.5) is 0 Å². The molecule has 1 saturated carbocycles. The molecule has 1 fully saturated rings. The molecule has 0 amide bonds. The van der Waals surface area contributed by atoms with Crippen LogP contribution in [0.3, 0.4) is 0 Å². The Labute approximate surface area is 272 Å². The van der Waals surface area contributed by atoms with Crippen LogP contribution < -0.4 is 0 Å². The summed E-state index contributed by atoms with van der Waals surface area (Å²) in [5.41, 5.74) is -6.06. The van der Waals surface area contributed by atoms with Crippen molar-refractivity contribution in [3.63, 3.8) is 0 Å². The first-order valence-electron chi connectivity index (χ1n) is 15.6. The summed E-state index contributed by atoms with van der Waals surface area (Å²) in [6.45, 7) is 11.0. The molecular formula is C37H40O10. The van der Waals surface area contributed by atoms with Crippen molar-refractivity contribution in [3.8, 4) is 5.75 Å². The number of allylic oxidation sites excluding steroid dienone is 1. The lowest BCUT2D eigenvalue weighted by molar-refractivity contribution is -0.199. The summed E-state index contributed by atoms with van der Waals surface area (Å²) in [6.07, 6.45) is -0.724. The van der Waals surface area contributed by atoms with E-state index in [-0.39, 0.29) is 34.4 Å². The number of aromatic hydroxyl groups is 1. The zero-order chi connectivity index (χ0) is 35.1. The van der Waals surface area contributed by atoms with E-state index < -0.39 is 92.7 Å². The first-order chi connectivity index (χ1) is 21.8. The maximum atomic E-state index is 14.8. The van der Waals surface area contributed by atoms with Gasteiger partial charge in [-0.3, -0.25) is 19.2 Å². The molecule has 3 aliphatic carbocycles. The second-order valence-electron chi connectivity index (χ2n) is 14.1. The maximum absolute atomic E-state index is 14.8. The lowest BCUT2D eigenvalue weighted by Gasteiger charge is -2.65. The molecule has 47 heavy (non-hydrogen) atoms. The second kappa shape index (κ2) is 11.0. The Morgan fingerprint density at radius 1 is 1.00 bits per heavy atom. The quantitative estimate of drug-likeness (QED) is 0.251. The first kappa shape index (κ1) is 33.8. The number of carbonyl (C=O) groups excluding carboxylic acids is 4. The average molecular weight is 645 g/mol. The number of rotatable bonds is 7. The molecule has 0 radical (unpaired) electrons. The molecule has 6 atom stereocenters. The molecule has 10 nitrogen and oxygen atoms in total. The van der Waals surface area contributed by atoms with Crippen molar-refractivity contribution in [2.45, 2.75) is 72.8 Å². The fraction of sp³-hybridized carbons (Fsp3) is 0.432. The number of Topliss-reactive ketones (excluding diaryl/α,β-unsaturated/α-hetero) is 4. The molecule has 1 unspecified atom stereocenters. The Morgan fingerprint density at radius 2 is 1.64 bits per heavy atom. The van der Waals surface area contributed by atoms with E-state index in [0.717, 1.165) is 6.92 Å². The summed E-state index contributed by atoms with van der Waals surface area (Å²) >= 11 is 0. The number of carbonyl (C=O) groups is 5. The van der Waals surface area contributed by atoms with Crippen LogP contribution in [0.2, 0.25) is 0 Å². The van der Waals surface area contributed by atoms with Gasteiger partial charge in [0.25, 0.3) is 0 Å². The fourth-order valence-corrected chi connectivity index (χ4v) is 9.07. The van der Waals surface area contributed by atoms with Gasteiger partial charge in [0.1, 0.15) is 28.6 Å². The van der Waals surface area contributed by atoms with Gasteiger partial charge in [-0.05, 0) is 54.9 Å². The topological polar surface area (TPSA) is 186 Å². The molecule has 5 N–H and O–H groups in total. The first-order valence-corrected chi connectivity index (χ1v) is 15.6. The summed E-state index contributed by atoms with van der Waals surface area (Å²) < 4.78 is 0. The Bertz CT molecular complexity index is 1850. The number of phenolic OH excluding ortho intramolecular Hbond substituents is 1. The number of carboxylic acids is 1. The monoisotopic (exact) mass is 644 g/mol. The number of benzene rings is 2. The lowest BCUT2D eigenvalue weighted by Crippen LogP contribution is -2.73. The molecular weight excluding hydrogens is 604 g/mol. The molecule has 2 aromatic carbocycles. The van der Waals surface area contributed by atoms with Crippen molar-refractivity contribution in [1.82, 2.24) is 0 Å². The highest BCUT2D eigenvalue weighted by Gasteiger charge is 2.76. The van der Waals surface area contributed by atoms with Gasteiger partial charge in [0.05, 0.1) is 11.1 Å². The number of phenols is 1. The van der Waals surface area contributed by atoms with E-state index in [2.05, 4.69) is 0 Å². The van der Waals surface area contributed by atoms with Crippen LogP contribution in [0.15, 0.2) is 53.3 Å². The molecule has 0 saturated heterocycles. The smallest absolute Gasteiger partial charge is 0.335 e. The minimum absolute atomic E-state index is 0.0357. The Hall–Kier alpha value is -4.57. The zero-order valence-electron chi connectivity index (χ0n) is 27.5. The normalized spacial score (nSPS) is 30.2.